The van der Waals surface area contributed by atoms with Crippen LogP contribution in [0.5, 0.6) is 0 Å². The number of benzene rings is 2. The Kier molecular flexibility index (Phi) is 6.82. The standard InChI is InChI=1S/C18H17BrClNO3/c1-12(15-4-2-3-5-16(15)20)21-17(22)11-24-18(23)10-13-6-8-14(19)9-7-13/h2-9,12H,10-11H2,1H3,(H,21,22)/t12-/m0/s1. The largest absolute Gasteiger partial charge is 0.455 e. The SMILES string of the molecule is C[C@H](NC(=O)COC(=O)Cc1ccc(Br)cc1)c1ccccc1Cl. The summed E-state index contributed by atoms with van der Waals surface area (Å²) >= 11 is 9.42. The van der Waals surface area contributed by atoms with Crippen LogP contribution < -0.4 is 5.32 Å². The van der Waals surface area contributed by atoms with Gasteiger partial charge >= 0.3 is 5.97 Å². The molecule has 1 amide bonds. The Morgan fingerprint density at radius 2 is 1.83 bits per heavy atom. The summed E-state index contributed by atoms with van der Waals surface area (Å²) in [5.41, 5.74) is 1.64. The molecule has 0 aliphatic carbocycles. The third-order valence-electron chi connectivity index (χ3n) is 3.38. The van der Waals surface area contributed by atoms with Crippen LogP contribution in [-0.2, 0) is 20.7 Å². The summed E-state index contributed by atoms with van der Waals surface area (Å²) in [7, 11) is 0. The lowest BCUT2D eigenvalue weighted by atomic mass is 10.1. The summed E-state index contributed by atoms with van der Waals surface area (Å²) < 4.78 is 5.95. The van der Waals surface area contributed by atoms with Gasteiger partial charge in [-0.15, -0.1) is 0 Å². The van der Waals surface area contributed by atoms with E-state index in [9.17, 15) is 9.59 Å². The summed E-state index contributed by atoms with van der Waals surface area (Å²) in [5, 5.41) is 3.34. The van der Waals surface area contributed by atoms with E-state index in [1.165, 1.54) is 0 Å². The molecular weight excluding hydrogens is 394 g/mol. The zero-order valence-corrected chi connectivity index (χ0v) is 15.4. The van der Waals surface area contributed by atoms with Crippen molar-refractivity contribution >= 4 is 39.4 Å². The summed E-state index contributed by atoms with van der Waals surface area (Å²) in [6.45, 7) is 1.51. The van der Waals surface area contributed by atoms with Gasteiger partial charge in [0, 0.05) is 9.50 Å². The molecule has 0 unspecified atom stereocenters. The topological polar surface area (TPSA) is 55.4 Å². The molecule has 0 spiro atoms. The molecular formula is C18H17BrClNO3. The Morgan fingerprint density at radius 3 is 2.50 bits per heavy atom. The molecule has 0 heterocycles. The van der Waals surface area contributed by atoms with Crippen molar-refractivity contribution in [2.45, 2.75) is 19.4 Å². The molecule has 1 N–H and O–H groups in total. The minimum atomic E-state index is -0.446. The summed E-state index contributed by atoms with van der Waals surface area (Å²) in [6, 6.07) is 14.4. The molecule has 1 atom stereocenters. The quantitative estimate of drug-likeness (QED) is 0.731. The van der Waals surface area contributed by atoms with Crippen LogP contribution in [0.2, 0.25) is 5.02 Å². The number of ether oxygens (including phenoxy) is 1. The number of esters is 1. The van der Waals surface area contributed by atoms with Gasteiger partial charge in [-0.1, -0.05) is 57.9 Å². The Morgan fingerprint density at radius 1 is 1.17 bits per heavy atom. The van der Waals surface area contributed by atoms with Gasteiger partial charge in [0.2, 0.25) is 0 Å². The normalized spacial score (nSPS) is 11.6. The second-order valence-electron chi connectivity index (χ2n) is 5.27. The third-order valence-corrected chi connectivity index (χ3v) is 4.25. The lowest BCUT2D eigenvalue weighted by Gasteiger charge is -2.15. The van der Waals surface area contributed by atoms with Crippen molar-refractivity contribution in [2.75, 3.05) is 6.61 Å². The highest BCUT2D eigenvalue weighted by Crippen LogP contribution is 2.21. The molecule has 126 valence electrons. The second-order valence-corrected chi connectivity index (χ2v) is 6.60. The van der Waals surface area contributed by atoms with Crippen LogP contribution in [-0.4, -0.2) is 18.5 Å². The predicted molar refractivity (Wildman–Crippen MR) is 96.8 cm³/mol. The van der Waals surface area contributed by atoms with E-state index >= 15 is 0 Å². The van der Waals surface area contributed by atoms with E-state index in [-0.39, 0.29) is 25.0 Å². The predicted octanol–water partition coefficient (Wildman–Crippen LogP) is 4.07. The number of amides is 1. The van der Waals surface area contributed by atoms with Crippen LogP contribution in [0.3, 0.4) is 0 Å². The lowest BCUT2D eigenvalue weighted by Crippen LogP contribution is -2.31. The minimum absolute atomic E-state index is 0.126. The summed E-state index contributed by atoms with van der Waals surface area (Å²) in [6.07, 6.45) is 0.126. The van der Waals surface area contributed by atoms with Gasteiger partial charge in [-0.3, -0.25) is 9.59 Å². The monoisotopic (exact) mass is 409 g/mol. The van der Waals surface area contributed by atoms with E-state index < -0.39 is 5.97 Å². The van der Waals surface area contributed by atoms with E-state index in [1.54, 1.807) is 6.07 Å². The van der Waals surface area contributed by atoms with Crippen molar-refractivity contribution in [3.8, 4) is 0 Å². The molecule has 2 rings (SSSR count). The first-order chi connectivity index (χ1) is 11.5. The van der Waals surface area contributed by atoms with E-state index in [2.05, 4.69) is 21.2 Å². The van der Waals surface area contributed by atoms with Crippen molar-refractivity contribution in [3.63, 3.8) is 0 Å². The molecule has 0 saturated heterocycles. The zero-order valence-electron chi connectivity index (χ0n) is 13.1. The van der Waals surface area contributed by atoms with Crippen molar-refractivity contribution in [1.82, 2.24) is 5.32 Å². The fourth-order valence-electron chi connectivity index (χ4n) is 2.15. The summed E-state index contributed by atoms with van der Waals surface area (Å²) in [4.78, 5) is 23.7. The van der Waals surface area contributed by atoms with Crippen LogP contribution in [0.15, 0.2) is 53.0 Å². The highest BCUT2D eigenvalue weighted by Gasteiger charge is 2.14. The van der Waals surface area contributed by atoms with Crippen molar-refractivity contribution in [1.29, 1.82) is 0 Å². The molecule has 0 saturated carbocycles. The Bertz CT molecular complexity index is 718. The number of carbonyl (C=O) groups is 2. The van der Waals surface area contributed by atoms with Crippen LogP contribution in [0.4, 0.5) is 0 Å². The highest BCUT2D eigenvalue weighted by atomic mass is 79.9. The maximum atomic E-state index is 11.9. The van der Waals surface area contributed by atoms with E-state index in [0.717, 1.165) is 15.6 Å². The van der Waals surface area contributed by atoms with Gasteiger partial charge in [-0.2, -0.15) is 0 Å². The molecule has 6 heteroatoms. The molecule has 24 heavy (non-hydrogen) atoms. The molecule has 0 aliphatic rings. The second kappa shape index (κ2) is 8.85. The molecule has 0 bridgehead atoms. The first-order valence-corrected chi connectivity index (χ1v) is 8.56. The Balaban J connectivity index is 1.79. The van der Waals surface area contributed by atoms with Gasteiger partial charge in [-0.25, -0.2) is 0 Å². The first-order valence-electron chi connectivity index (χ1n) is 7.39. The average molecular weight is 411 g/mol. The van der Waals surface area contributed by atoms with Gasteiger partial charge in [0.15, 0.2) is 6.61 Å². The smallest absolute Gasteiger partial charge is 0.310 e. The van der Waals surface area contributed by atoms with Gasteiger partial charge in [-0.05, 0) is 36.2 Å². The summed E-state index contributed by atoms with van der Waals surface area (Å²) in [5.74, 6) is -0.815. The Labute approximate surface area is 154 Å². The van der Waals surface area contributed by atoms with E-state index in [1.807, 2.05) is 49.4 Å². The van der Waals surface area contributed by atoms with Gasteiger partial charge in [0.05, 0.1) is 12.5 Å². The zero-order chi connectivity index (χ0) is 17.5. The van der Waals surface area contributed by atoms with Crippen LogP contribution >= 0.6 is 27.5 Å². The lowest BCUT2D eigenvalue weighted by molar-refractivity contribution is -0.148. The average Bonchev–Trinajstić information content (AvgIpc) is 2.55. The fraction of sp³-hybridized carbons (Fsp3) is 0.222. The van der Waals surface area contributed by atoms with Crippen LogP contribution in [0.1, 0.15) is 24.1 Å². The molecule has 0 fully saturated rings. The third kappa shape index (κ3) is 5.65. The molecule has 0 radical (unpaired) electrons. The number of hydrogen-bond acceptors (Lipinski definition) is 3. The maximum Gasteiger partial charge on any atom is 0.310 e. The molecule has 4 nitrogen and oxygen atoms in total. The van der Waals surface area contributed by atoms with Gasteiger partial charge in [0.25, 0.3) is 5.91 Å². The minimum Gasteiger partial charge on any atom is -0.455 e. The molecule has 0 aliphatic heterocycles. The number of hydrogen-bond donors (Lipinski definition) is 1. The first kappa shape index (κ1) is 18.5. The van der Waals surface area contributed by atoms with Gasteiger partial charge < -0.3 is 10.1 Å². The number of halogens is 2. The molecule has 2 aromatic rings. The van der Waals surface area contributed by atoms with Crippen LogP contribution in [0.25, 0.3) is 0 Å². The highest BCUT2D eigenvalue weighted by molar-refractivity contribution is 9.10. The van der Waals surface area contributed by atoms with E-state index in [4.69, 9.17) is 16.3 Å². The Hall–Kier alpha value is -1.85. The fourth-order valence-corrected chi connectivity index (χ4v) is 2.72. The maximum absolute atomic E-state index is 11.9. The van der Waals surface area contributed by atoms with E-state index in [0.29, 0.717) is 5.02 Å². The van der Waals surface area contributed by atoms with Crippen LogP contribution in [0, 0.1) is 0 Å². The van der Waals surface area contributed by atoms with Gasteiger partial charge in [0.1, 0.15) is 0 Å². The van der Waals surface area contributed by atoms with Crippen molar-refractivity contribution in [3.05, 3.63) is 69.2 Å². The van der Waals surface area contributed by atoms with Crippen molar-refractivity contribution < 1.29 is 14.3 Å². The number of nitrogens with one attached hydrogen (secondary N) is 1. The molecule has 0 aromatic heterocycles. The van der Waals surface area contributed by atoms with Crippen molar-refractivity contribution in [2.24, 2.45) is 0 Å². The molecule has 2 aromatic carbocycles. The number of rotatable bonds is 6. The number of carbonyl (C=O) groups excluding carboxylic acids is 2.